The number of aliphatic hydroxyl groups is 1. The Labute approximate surface area is 121 Å². The molecule has 4 N–H and O–H groups in total. The van der Waals surface area contributed by atoms with Crippen molar-refractivity contribution in [2.75, 3.05) is 0 Å². The second-order valence-electron chi connectivity index (χ2n) is 5.24. The number of hydrogen-bond donors (Lipinski definition) is 3. The molecular weight excluding hydrogens is 274 g/mol. The molecule has 112 valence electrons. The summed E-state index contributed by atoms with van der Waals surface area (Å²) in [6.07, 6.45) is 1.05. The van der Waals surface area contributed by atoms with Crippen molar-refractivity contribution in [3.8, 4) is 5.75 Å². The largest absolute Gasteiger partial charge is 0.507 e. The van der Waals surface area contributed by atoms with Gasteiger partial charge in [0.15, 0.2) is 11.4 Å². The first-order valence-corrected chi connectivity index (χ1v) is 6.44. The molecule has 1 aliphatic carbocycles. The number of carbonyl (C=O) groups is 1. The first-order chi connectivity index (χ1) is 9.71. The highest BCUT2D eigenvalue weighted by molar-refractivity contribution is 6.07. The number of nitrogens with two attached hydrogens (primary N) is 1. The number of aromatic hydroxyl groups is 1. The van der Waals surface area contributed by atoms with E-state index in [1.807, 2.05) is 0 Å². The predicted octanol–water partition coefficient (Wildman–Crippen LogP) is 0.860. The molecule has 0 aliphatic heterocycles. The van der Waals surface area contributed by atoms with E-state index in [1.54, 1.807) is 6.92 Å². The van der Waals surface area contributed by atoms with Crippen LogP contribution in [0.2, 0.25) is 0 Å². The van der Waals surface area contributed by atoms with Crippen molar-refractivity contribution in [2.45, 2.75) is 31.8 Å². The lowest BCUT2D eigenvalue weighted by atomic mass is 9.88. The van der Waals surface area contributed by atoms with Crippen molar-refractivity contribution in [1.82, 2.24) is 0 Å². The second kappa shape index (κ2) is 4.89. The minimum absolute atomic E-state index is 0.0554. The average molecular weight is 291 g/mol. The fourth-order valence-electron chi connectivity index (χ4n) is 2.63. The third kappa shape index (κ3) is 2.27. The fraction of sp³-hybridized carbons (Fsp3) is 0.333. The first kappa shape index (κ1) is 15.1. The highest BCUT2D eigenvalue weighted by Crippen LogP contribution is 2.39. The Morgan fingerprint density at radius 3 is 2.62 bits per heavy atom. The van der Waals surface area contributed by atoms with Crippen LogP contribution in [0, 0.1) is 6.92 Å². The maximum absolute atomic E-state index is 12.3. The molecule has 0 unspecified atom stereocenters. The number of carbonyl (C=O) groups excluding carboxylic acids is 1. The van der Waals surface area contributed by atoms with Crippen LogP contribution in [0.5, 0.6) is 5.75 Å². The smallest absolute Gasteiger partial charge is 0.343 e. The van der Waals surface area contributed by atoms with Crippen LogP contribution in [0.1, 0.15) is 30.6 Å². The van der Waals surface area contributed by atoms with Gasteiger partial charge in [0, 0.05) is 29.7 Å². The van der Waals surface area contributed by atoms with Crippen LogP contribution in [0.3, 0.4) is 0 Å². The van der Waals surface area contributed by atoms with E-state index < -0.39 is 22.9 Å². The Kier molecular flexibility index (Phi) is 3.51. The van der Waals surface area contributed by atoms with E-state index in [9.17, 15) is 19.8 Å². The number of rotatable bonds is 3. The van der Waals surface area contributed by atoms with Crippen molar-refractivity contribution in [3.05, 3.63) is 51.7 Å². The molecule has 1 heterocycles. The van der Waals surface area contributed by atoms with E-state index in [1.165, 1.54) is 13.0 Å². The van der Waals surface area contributed by atoms with Crippen LogP contribution in [0.25, 0.3) is 0 Å². The Bertz CT molecular complexity index is 715. The highest BCUT2D eigenvalue weighted by Gasteiger charge is 2.45. The summed E-state index contributed by atoms with van der Waals surface area (Å²) in [5.41, 5.74) is 3.56. The molecule has 0 amide bonds. The van der Waals surface area contributed by atoms with Gasteiger partial charge in [0.05, 0.1) is 5.56 Å². The summed E-state index contributed by atoms with van der Waals surface area (Å²) in [7, 11) is 0. The molecule has 2 rings (SSSR count). The molecule has 0 aromatic carbocycles. The van der Waals surface area contributed by atoms with E-state index in [0.29, 0.717) is 0 Å². The van der Waals surface area contributed by atoms with Gasteiger partial charge in [-0.25, -0.2) is 4.79 Å². The lowest BCUT2D eigenvalue weighted by molar-refractivity contribution is -0.127. The monoisotopic (exact) mass is 291 g/mol. The molecule has 21 heavy (non-hydrogen) atoms. The maximum Gasteiger partial charge on any atom is 0.343 e. The van der Waals surface area contributed by atoms with Gasteiger partial charge < -0.3 is 20.4 Å². The maximum atomic E-state index is 12.3. The molecule has 0 fully saturated rings. The van der Waals surface area contributed by atoms with Crippen molar-refractivity contribution >= 4 is 5.78 Å². The van der Waals surface area contributed by atoms with Crippen molar-refractivity contribution in [2.24, 2.45) is 5.73 Å². The SMILES string of the molecule is C=C[C@]1(O)CC(N)=C([C@@H](C)c2c(O)cc(C)oc2=O)C1=O. The molecule has 0 spiro atoms. The van der Waals surface area contributed by atoms with Gasteiger partial charge in [0.1, 0.15) is 11.5 Å². The van der Waals surface area contributed by atoms with Crippen LogP contribution in [0.4, 0.5) is 0 Å². The summed E-state index contributed by atoms with van der Waals surface area (Å²) in [4.78, 5) is 24.2. The summed E-state index contributed by atoms with van der Waals surface area (Å²) < 4.78 is 4.95. The summed E-state index contributed by atoms with van der Waals surface area (Å²) >= 11 is 0. The number of Topliss-reactive ketones (excluding diaryl/α,β-unsaturated/α-hetero) is 1. The zero-order valence-electron chi connectivity index (χ0n) is 11.8. The third-order valence-electron chi connectivity index (χ3n) is 3.74. The van der Waals surface area contributed by atoms with E-state index >= 15 is 0 Å². The van der Waals surface area contributed by atoms with Crippen LogP contribution < -0.4 is 11.4 Å². The van der Waals surface area contributed by atoms with E-state index in [2.05, 4.69) is 6.58 Å². The van der Waals surface area contributed by atoms with Crippen molar-refractivity contribution in [1.29, 1.82) is 0 Å². The molecule has 2 atom stereocenters. The minimum Gasteiger partial charge on any atom is -0.507 e. The minimum atomic E-state index is -1.76. The van der Waals surface area contributed by atoms with Gasteiger partial charge in [-0.15, -0.1) is 0 Å². The van der Waals surface area contributed by atoms with E-state index in [-0.39, 0.29) is 34.8 Å². The quantitative estimate of drug-likeness (QED) is 0.712. The molecule has 0 saturated carbocycles. The molecule has 6 heteroatoms. The van der Waals surface area contributed by atoms with Gasteiger partial charge in [-0.1, -0.05) is 19.6 Å². The summed E-state index contributed by atoms with van der Waals surface area (Å²) in [6, 6.07) is 1.29. The molecule has 6 nitrogen and oxygen atoms in total. The molecule has 1 aromatic heterocycles. The second-order valence-corrected chi connectivity index (χ2v) is 5.24. The number of hydrogen-bond acceptors (Lipinski definition) is 6. The topological polar surface area (TPSA) is 114 Å². The molecule has 1 aliphatic rings. The predicted molar refractivity (Wildman–Crippen MR) is 75.8 cm³/mol. The summed E-state index contributed by atoms with van der Waals surface area (Å²) in [6.45, 7) is 6.51. The average Bonchev–Trinajstić information content (AvgIpc) is 2.59. The fourth-order valence-corrected chi connectivity index (χ4v) is 2.63. The Morgan fingerprint density at radius 1 is 1.52 bits per heavy atom. The van der Waals surface area contributed by atoms with Gasteiger partial charge in [0.25, 0.3) is 0 Å². The first-order valence-electron chi connectivity index (χ1n) is 6.44. The van der Waals surface area contributed by atoms with Gasteiger partial charge in [0.2, 0.25) is 0 Å². The number of ketones is 1. The van der Waals surface area contributed by atoms with Crippen molar-refractivity contribution < 1.29 is 19.4 Å². The number of aryl methyl sites for hydroxylation is 1. The standard InChI is InChI=1S/C15H17NO5/c1-4-15(20)6-9(16)11(13(15)18)8(3)12-10(17)5-7(2)21-14(12)19/h4-5,8,17,20H,1,6,16H2,2-3H3/t8-,15+/m1/s1. The Morgan fingerprint density at radius 2 is 2.14 bits per heavy atom. The highest BCUT2D eigenvalue weighted by atomic mass is 16.4. The summed E-state index contributed by atoms with van der Waals surface area (Å²) in [5.74, 6) is -1.40. The Hall–Kier alpha value is -2.34. The lowest BCUT2D eigenvalue weighted by Crippen LogP contribution is -2.33. The molecule has 0 radical (unpaired) electrons. The molecule has 0 saturated heterocycles. The van der Waals surface area contributed by atoms with Gasteiger partial charge in [-0.3, -0.25) is 4.79 Å². The van der Waals surface area contributed by atoms with E-state index in [0.717, 1.165) is 6.08 Å². The Balaban J connectivity index is 2.54. The van der Waals surface area contributed by atoms with Crippen LogP contribution in [0.15, 0.2) is 39.2 Å². The van der Waals surface area contributed by atoms with Crippen molar-refractivity contribution in [3.63, 3.8) is 0 Å². The van der Waals surface area contributed by atoms with Gasteiger partial charge in [-0.05, 0) is 6.92 Å². The van der Waals surface area contributed by atoms with Crippen LogP contribution >= 0.6 is 0 Å². The lowest BCUT2D eigenvalue weighted by Gasteiger charge is -2.18. The van der Waals surface area contributed by atoms with E-state index in [4.69, 9.17) is 10.2 Å². The van der Waals surface area contributed by atoms with Gasteiger partial charge >= 0.3 is 5.63 Å². The zero-order valence-corrected chi connectivity index (χ0v) is 11.8. The van der Waals surface area contributed by atoms with Crippen LogP contribution in [-0.4, -0.2) is 21.6 Å². The summed E-state index contributed by atoms with van der Waals surface area (Å²) in [5, 5.41) is 20.1. The zero-order chi connectivity index (χ0) is 15.9. The third-order valence-corrected chi connectivity index (χ3v) is 3.74. The van der Waals surface area contributed by atoms with Gasteiger partial charge in [-0.2, -0.15) is 0 Å². The molecule has 1 aromatic rings. The van der Waals surface area contributed by atoms with Crippen LogP contribution in [-0.2, 0) is 4.79 Å². The molecule has 0 bridgehead atoms. The molecular formula is C15H17NO5. The normalized spacial score (nSPS) is 23.5.